The molecule has 5 fully saturated rings. The lowest BCUT2D eigenvalue weighted by molar-refractivity contribution is -0.203. The molecule has 4 unspecified atom stereocenters. The lowest BCUT2D eigenvalue weighted by Crippen LogP contribution is -2.72. The van der Waals surface area contributed by atoms with Gasteiger partial charge in [0, 0.05) is 51.1 Å². The number of fused-ring (bicyclic) bond motifs is 3. The van der Waals surface area contributed by atoms with Crippen molar-refractivity contribution in [3.05, 3.63) is 0 Å². The number of amides is 2. The van der Waals surface area contributed by atoms with Crippen molar-refractivity contribution in [2.24, 2.45) is 17.8 Å². The zero-order valence-corrected chi connectivity index (χ0v) is 22.4. The summed E-state index contributed by atoms with van der Waals surface area (Å²) in [5.74, 6) is -1.37. The monoisotopic (exact) mass is 548 g/mol. The minimum atomic E-state index is -4.49. The van der Waals surface area contributed by atoms with E-state index in [0.717, 1.165) is 30.8 Å². The van der Waals surface area contributed by atoms with Gasteiger partial charge < -0.3 is 10.2 Å². The number of carbonyl (C=O) groups excluding carboxylic acids is 2. The standard InChI is InChI=1S/C25H40ClF3N6O2/c1-14-9-10-34(18-13-30-20-11-19(26)32-35(20)22(14)18)17-6-3-15(4-7-17)23(25(27,28)29)33(2)24(37)16-5-8-21(36)31-12-16/h14-20,22-23,30,32H,3-13H2,1-2H3,(H,31,36)/t14-,15?,16-,17?,18?,19?,20?,22?,23+/m1/s1. The topological polar surface area (TPSA) is 80.0 Å². The van der Waals surface area contributed by atoms with E-state index in [1.54, 1.807) is 0 Å². The van der Waals surface area contributed by atoms with E-state index in [2.05, 4.69) is 32.9 Å². The summed E-state index contributed by atoms with van der Waals surface area (Å²) in [6.45, 7) is 4.22. The lowest BCUT2D eigenvalue weighted by Gasteiger charge is -2.55. The molecule has 210 valence electrons. The van der Waals surface area contributed by atoms with Crippen molar-refractivity contribution in [1.29, 1.82) is 0 Å². The van der Waals surface area contributed by atoms with Gasteiger partial charge >= 0.3 is 6.18 Å². The first-order chi connectivity index (χ1) is 17.5. The molecule has 5 rings (SSSR count). The number of piperidine rings is 2. The molecule has 4 saturated heterocycles. The molecule has 8 nitrogen and oxygen atoms in total. The summed E-state index contributed by atoms with van der Waals surface area (Å²) in [5.41, 5.74) is 3.34. The summed E-state index contributed by atoms with van der Waals surface area (Å²) in [7, 11) is 1.29. The molecule has 7 atom stereocenters. The molecule has 0 spiro atoms. The van der Waals surface area contributed by atoms with Crippen LogP contribution in [0.2, 0.25) is 0 Å². The number of nitrogens with one attached hydrogen (secondary N) is 3. The average molecular weight is 549 g/mol. The first-order valence-electron chi connectivity index (χ1n) is 13.8. The molecule has 37 heavy (non-hydrogen) atoms. The number of alkyl halides is 4. The molecular weight excluding hydrogens is 509 g/mol. The van der Waals surface area contributed by atoms with Crippen molar-refractivity contribution in [3.8, 4) is 0 Å². The van der Waals surface area contributed by atoms with Crippen molar-refractivity contribution in [2.45, 2.75) is 100 Å². The maximum absolute atomic E-state index is 14.3. The fourth-order valence-electron chi connectivity index (χ4n) is 7.68. The Morgan fingerprint density at radius 2 is 1.86 bits per heavy atom. The number of hydrazine groups is 1. The van der Waals surface area contributed by atoms with Crippen LogP contribution < -0.4 is 16.1 Å². The summed E-state index contributed by atoms with van der Waals surface area (Å²) in [6, 6.07) is -0.934. The number of hydrogen-bond acceptors (Lipinski definition) is 6. The normalized spacial score (nSPS) is 40.4. The van der Waals surface area contributed by atoms with Gasteiger partial charge in [-0.3, -0.25) is 19.8 Å². The van der Waals surface area contributed by atoms with Crippen LogP contribution in [0, 0.1) is 17.8 Å². The minimum Gasteiger partial charge on any atom is -0.355 e. The number of nitrogens with zero attached hydrogens (tertiary/aromatic N) is 3. The molecule has 1 aliphatic carbocycles. The van der Waals surface area contributed by atoms with Crippen molar-refractivity contribution in [2.75, 3.05) is 26.7 Å². The van der Waals surface area contributed by atoms with Crippen molar-refractivity contribution in [1.82, 2.24) is 30.9 Å². The predicted octanol–water partition coefficient (Wildman–Crippen LogP) is 2.24. The van der Waals surface area contributed by atoms with E-state index in [-0.39, 0.29) is 36.6 Å². The fourth-order valence-corrected chi connectivity index (χ4v) is 7.96. The predicted molar refractivity (Wildman–Crippen MR) is 133 cm³/mol. The highest BCUT2D eigenvalue weighted by Gasteiger charge is 2.53. The molecular formula is C25H40ClF3N6O2. The van der Waals surface area contributed by atoms with Gasteiger partial charge in [0.05, 0.1) is 17.6 Å². The smallest absolute Gasteiger partial charge is 0.355 e. The third kappa shape index (κ3) is 5.48. The zero-order valence-electron chi connectivity index (χ0n) is 21.6. The van der Waals surface area contributed by atoms with Gasteiger partial charge in [0.15, 0.2) is 0 Å². The van der Waals surface area contributed by atoms with Gasteiger partial charge in [-0.05, 0) is 56.9 Å². The van der Waals surface area contributed by atoms with Crippen LogP contribution in [0.25, 0.3) is 0 Å². The van der Waals surface area contributed by atoms with Crippen LogP contribution in [0.15, 0.2) is 0 Å². The SMILES string of the molecule is C[C@@H]1CCN(C2CCC([C@H](N(C)C(=O)[C@@H]3CCC(=O)NC3)C(F)(F)F)CC2)C2CNC3CC(Cl)NN3C21. The molecule has 4 heterocycles. The molecule has 0 aromatic rings. The van der Waals surface area contributed by atoms with Gasteiger partial charge in [0.1, 0.15) is 6.04 Å². The molecule has 1 saturated carbocycles. The third-order valence-electron chi connectivity index (χ3n) is 9.56. The second kappa shape index (κ2) is 10.8. The number of halogens is 4. The van der Waals surface area contributed by atoms with E-state index >= 15 is 0 Å². The second-order valence-corrected chi connectivity index (χ2v) is 12.3. The van der Waals surface area contributed by atoms with E-state index in [9.17, 15) is 22.8 Å². The summed E-state index contributed by atoms with van der Waals surface area (Å²) in [6.07, 6.45) is 0.395. The molecule has 0 aromatic heterocycles. The number of rotatable bonds is 4. The lowest BCUT2D eigenvalue weighted by atomic mass is 9.77. The highest BCUT2D eigenvalue weighted by atomic mass is 35.5. The Hall–Kier alpha value is -1.14. The maximum Gasteiger partial charge on any atom is 0.409 e. The van der Waals surface area contributed by atoms with Crippen molar-refractivity contribution < 1.29 is 22.8 Å². The van der Waals surface area contributed by atoms with E-state index in [1.165, 1.54) is 7.05 Å². The van der Waals surface area contributed by atoms with E-state index in [4.69, 9.17) is 11.6 Å². The highest BCUT2D eigenvalue weighted by Crippen LogP contribution is 2.42. The Balaban J connectivity index is 1.23. The van der Waals surface area contributed by atoms with Gasteiger partial charge in [-0.2, -0.15) is 13.2 Å². The second-order valence-electron chi connectivity index (χ2n) is 11.8. The van der Waals surface area contributed by atoms with Crippen LogP contribution in [0.1, 0.15) is 58.3 Å². The highest BCUT2D eigenvalue weighted by molar-refractivity contribution is 6.20. The Morgan fingerprint density at radius 1 is 1.14 bits per heavy atom. The number of carbonyl (C=O) groups is 2. The fraction of sp³-hybridized carbons (Fsp3) is 0.920. The summed E-state index contributed by atoms with van der Waals surface area (Å²) in [4.78, 5) is 27.9. The molecule has 2 amide bonds. The van der Waals surface area contributed by atoms with E-state index < -0.39 is 30.0 Å². The molecule has 0 radical (unpaired) electrons. The molecule has 0 bridgehead atoms. The minimum absolute atomic E-state index is 0.0850. The van der Waals surface area contributed by atoms with E-state index in [1.807, 2.05) is 0 Å². The Labute approximate surface area is 221 Å². The van der Waals surface area contributed by atoms with Gasteiger partial charge in [-0.1, -0.05) is 6.92 Å². The van der Waals surface area contributed by atoms with Gasteiger partial charge in [0.25, 0.3) is 0 Å². The average Bonchev–Trinajstić information content (AvgIpc) is 3.24. The van der Waals surface area contributed by atoms with Crippen LogP contribution in [-0.2, 0) is 9.59 Å². The number of hydrogen-bond donors (Lipinski definition) is 3. The van der Waals surface area contributed by atoms with Crippen LogP contribution >= 0.6 is 11.6 Å². The quantitative estimate of drug-likeness (QED) is 0.369. The summed E-state index contributed by atoms with van der Waals surface area (Å²) in [5, 5.41) is 8.54. The van der Waals surface area contributed by atoms with Crippen molar-refractivity contribution >= 4 is 23.4 Å². The van der Waals surface area contributed by atoms with Crippen LogP contribution in [-0.4, -0.2) is 95.3 Å². The van der Waals surface area contributed by atoms with Gasteiger partial charge in [0.2, 0.25) is 11.8 Å². The summed E-state index contributed by atoms with van der Waals surface area (Å²) >= 11 is 6.39. The maximum atomic E-state index is 14.3. The number of likely N-dealkylation sites (tertiary alicyclic amines) is 1. The Morgan fingerprint density at radius 3 is 2.51 bits per heavy atom. The van der Waals surface area contributed by atoms with Gasteiger partial charge in [-0.15, -0.1) is 11.6 Å². The van der Waals surface area contributed by atoms with E-state index in [0.29, 0.717) is 50.1 Å². The molecule has 3 N–H and O–H groups in total. The first-order valence-corrected chi connectivity index (χ1v) is 14.3. The molecule has 5 aliphatic rings. The molecule has 4 aliphatic heterocycles. The van der Waals surface area contributed by atoms with Crippen LogP contribution in [0.5, 0.6) is 0 Å². The zero-order chi connectivity index (χ0) is 26.5. The largest absolute Gasteiger partial charge is 0.409 e. The Kier molecular flexibility index (Phi) is 8.00. The van der Waals surface area contributed by atoms with Crippen LogP contribution in [0.3, 0.4) is 0 Å². The Bertz CT molecular complexity index is 847. The van der Waals surface area contributed by atoms with Crippen molar-refractivity contribution in [3.63, 3.8) is 0 Å². The molecule has 12 heteroatoms. The third-order valence-corrected chi connectivity index (χ3v) is 9.83. The molecule has 0 aromatic carbocycles. The summed E-state index contributed by atoms with van der Waals surface area (Å²) < 4.78 is 42.9. The first kappa shape index (κ1) is 27.4. The van der Waals surface area contributed by atoms with Gasteiger partial charge in [-0.25, -0.2) is 10.4 Å². The van der Waals surface area contributed by atoms with Crippen LogP contribution in [0.4, 0.5) is 13.2 Å².